The number of imide groups is 1. The average Bonchev–Trinajstić information content (AvgIpc) is 2.70. The molecular formula is C16H21NO4. The molecule has 0 aliphatic carbocycles. The van der Waals surface area contributed by atoms with Crippen molar-refractivity contribution in [3.63, 3.8) is 0 Å². The summed E-state index contributed by atoms with van der Waals surface area (Å²) in [5.41, 5.74) is 0.564. The smallest absolute Gasteiger partial charge is 0.261 e. The molecule has 0 saturated heterocycles. The van der Waals surface area contributed by atoms with Gasteiger partial charge in [-0.1, -0.05) is 12.1 Å². The molecule has 0 saturated carbocycles. The van der Waals surface area contributed by atoms with Crippen molar-refractivity contribution in [2.24, 2.45) is 0 Å². The van der Waals surface area contributed by atoms with E-state index in [0.29, 0.717) is 37.3 Å². The van der Waals surface area contributed by atoms with E-state index >= 15 is 0 Å². The quantitative estimate of drug-likeness (QED) is 0.570. The zero-order valence-electron chi connectivity index (χ0n) is 12.7. The predicted molar refractivity (Wildman–Crippen MR) is 78.3 cm³/mol. The summed E-state index contributed by atoms with van der Waals surface area (Å²) in [7, 11) is 1.62. The molecular weight excluding hydrogens is 270 g/mol. The number of rotatable bonds is 7. The molecule has 0 atom stereocenters. The second-order valence-electron chi connectivity index (χ2n) is 5.66. The maximum atomic E-state index is 12.2. The third-order valence-electron chi connectivity index (χ3n) is 3.60. The Bertz CT molecular complexity index is 504. The maximum absolute atomic E-state index is 12.2. The molecule has 1 aliphatic heterocycles. The zero-order valence-corrected chi connectivity index (χ0v) is 12.7. The van der Waals surface area contributed by atoms with Crippen LogP contribution in [0.3, 0.4) is 0 Å². The summed E-state index contributed by atoms with van der Waals surface area (Å²) in [6.07, 6.45) is 0.585. The minimum atomic E-state index is -0.409. The Morgan fingerprint density at radius 3 is 2.14 bits per heavy atom. The van der Waals surface area contributed by atoms with Crippen molar-refractivity contribution in [3.05, 3.63) is 35.4 Å². The average molecular weight is 291 g/mol. The van der Waals surface area contributed by atoms with Gasteiger partial charge in [0.1, 0.15) is 0 Å². The van der Waals surface area contributed by atoms with Crippen molar-refractivity contribution in [1.29, 1.82) is 0 Å². The summed E-state index contributed by atoms with van der Waals surface area (Å²) in [4.78, 5) is 25.8. The number of carbonyl (C=O) groups excluding carboxylic acids is 2. The van der Waals surface area contributed by atoms with Crippen molar-refractivity contribution in [1.82, 2.24) is 4.90 Å². The highest BCUT2D eigenvalue weighted by Crippen LogP contribution is 2.24. The number of hydrogen-bond acceptors (Lipinski definition) is 4. The van der Waals surface area contributed by atoms with Crippen LogP contribution in [0.5, 0.6) is 0 Å². The summed E-state index contributed by atoms with van der Waals surface area (Å²) >= 11 is 0. The topological polar surface area (TPSA) is 55.8 Å². The van der Waals surface area contributed by atoms with E-state index in [2.05, 4.69) is 0 Å². The summed E-state index contributed by atoms with van der Waals surface area (Å²) in [6.45, 7) is 5.26. The fraction of sp³-hybridized carbons (Fsp3) is 0.500. The Hall–Kier alpha value is -1.72. The number of amides is 2. The van der Waals surface area contributed by atoms with Gasteiger partial charge in [0.15, 0.2) is 0 Å². The summed E-state index contributed by atoms with van der Waals surface area (Å²) in [5.74, 6) is -0.438. The molecule has 114 valence electrons. The minimum Gasteiger partial charge on any atom is -0.382 e. The van der Waals surface area contributed by atoms with Gasteiger partial charge in [-0.15, -0.1) is 0 Å². The SMILES string of the molecule is COCCOC(C)(C)CCN1C(=O)c2ccccc2C1=O. The van der Waals surface area contributed by atoms with Crippen LogP contribution in [-0.4, -0.2) is 49.2 Å². The second kappa shape index (κ2) is 6.37. The molecule has 21 heavy (non-hydrogen) atoms. The van der Waals surface area contributed by atoms with Crippen LogP contribution in [0.25, 0.3) is 0 Å². The van der Waals surface area contributed by atoms with Crippen LogP contribution in [0.1, 0.15) is 41.0 Å². The Morgan fingerprint density at radius 1 is 1.05 bits per heavy atom. The van der Waals surface area contributed by atoms with Crippen LogP contribution in [0.15, 0.2) is 24.3 Å². The summed E-state index contributed by atoms with van der Waals surface area (Å²) in [5, 5.41) is 0. The van der Waals surface area contributed by atoms with E-state index in [9.17, 15) is 9.59 Å². The highest BCUT2D eigenvalue weighted by Gasteiger charge is 2.35. The predicted octanol–water partition coefficient (Wildman–Crippen LogP) is 2.11. The Balaban J connectivity index is 1.96. The number of carbonyl (C=O) groups is 2. The highest BCUT2D eigenvalue weighted by atomic mass is 16.5. The lowest BCUT2D eigenvalue weighted by Gasteiger charge is -2.27. The van der Waals surface area contributed by atoms with Crippen LogP contribution < -0.4 is 0 Å². The van der Waals surface area contributed by atoms with Gasteiger partial charge in [0.2, 0.25) is 0 Å². The molecule has 2 amide bonds. The Labute approximate surface area is 124 Å². The fourth-order valence-corrected chi connectivity index (χ4v) is 2.30. The lowest BCUT2D eigenvalue weighted by molar-refractivity contribution is -0.0460. The molecule has 0 N–H and O–H groups in total. The minimum absolute atomic E-state index is 0.219. The van der Waals surface area contributed by atoms with Gasteiger partial charge in [-0.05, 0) is 32.4 Å². The number of methoxy groups -OCH3 is 1. The molecule has 1 aliphatic rings. The normalized spacial score (nSPS) is 14.7. The van der Waals surface area contributed by atoms with Gasteiger partial charge in [0.05, 0.1) is 29.9 Å². The van der Waals surface area contributed by atoms with Crippen molar-refractivity contribution >= 4 is 11.8 Å². The van der Waals surface area contributed by atoms with E-state index in [0.717, 1.165) is 0 Å². The molecule has 0 radical (unpaired) electrons. The molecule has 1 heterocycles. The molecule has 0 bridgehead atoms. The van der Waals surface area contributed by atoms with Crippen LogP contribution in [-0.2, 0) is 9.47 Å². The molecule has 5 heteroatoms. The number of fused-ring (bicyclic) bond motifs is 1. The standard InChI is InChI=1S/C16H21NO4/c1-16(2,21-11-10-20-3)8-9-17-14(18)12-6-4-5-7-13(12)15(17)19/h4-7H,8-11H2,1-3H3. The molecule has 0 unspecified atom stereocenters. The Kier molecular flexibility index (Phi) is 4.75. The van der Waals surface area contributed by atoms with Crippen LogP contribution in [0.4, 0.5) is 0 Å². The second-order valence-corrected chi connectivity index (χ2v) is 5.66. The van der Waals surface area contributed by atoms with E-state index in [1.165, 1.54) is 4.90 Å². The lowest BCUT2D eigenvalue weighted by Crippen LogP contribution is -2.36. The molecule has 1 aromatic rings. The van der Waals surface area contributed by atoms with Crippen molar-refractivity contribution in [2.75, 3.05) is 26.9 Å². The third kappa shape index (κ3) is 3.49. The zero-order chi connectivity index (χ0) is 15.5. The first-order valence-corrected chi connectivity index (χ1v) is 7.04. The number of hydrogen-bond donors (Lipinski definition) is 0. The van der Waals surface area contributed by atoms with Crippen LogP contribution >= 0.6 is 0 Å². The molecule has 5 nitrogen and oxygen atoms in total. The summed E-state index contributed by atoms with van der Waals surface area (Å²) < 4.78 is 10.7. The summed E-state index contributed by atoms with van der Waals surface area (Å²) in [6, 6.07) is 6.92. The van der Waals surface area contributed by atoms with Crippen molar-refractivity contribution < 1.29 is 19.1 Å². The molecule has 0 aromatic heterocycles. The highest BCUT2D eigenvalue weighted by molar-refractivity contribution is 6.21. The first-order chi connectivity index (χ1) is 9.96. The van der Waals surface area contributed by atoms with Gasteiger partial charge < -0.3 is 9.47 Å². The van der Waals surface area contributed by atoms with Gasteiger partial charge in [-0.2, -0.15) is 0 Å². The van der Waals surface area contributed by atoms with Crippen LogP contribution in [0, 0.1) is 0 Å². The van der Waals surface area contributed by atoms with Gasteiger partial charge in [-0.3, -0.25) is 14.5 Å². The first kappa shape index (κ1) is 15.7. The molecule has 2 rings (SSSR count). The monoisotopic (exact) mass is 291 g/mol. The molecule has 1 aromatic carbocycles. The van der Waals surface area contributed by atoms with Crippen molar-refractivity contribution in [3.8, 4) is 0 Å². The van der Waals surface area contributed by atoms with E-state index < -0.39 is 5.60 Å². The first-order valence-electron chi connectivity index (χ1n) is 7.04. The third-order valence-corrected chi connectivity index (χ3v) is 3.60. The number of nitrogens with zero attached hydrogens (tertiary/aromatic N) is 1. The van der Waals surface area contributed by atoms with Gasteiger partial charge in [0.25, 0.3) is 11.8 Å². The molecule has 0 fully saturated rings. The van der Waals surface area contributed by atoms with E-state index in [-0.39, 0.29) is 11.8 Å². The van der Waals surface area contributed by atoms with E-state index in [4.69, 9.17) is 9.47 Å². The van der Waals surface area contributed by atoms with Crippen molar-refractivity contribution in [2.45, 2.75) is 25.9 Å². The van der Waals surface area contributed by atoms with E-state index in [1.807, 2.05) is 13.8 Å². The Morgan fingerprint density at radius 2 is 1.62 bits per heavy atom. The van der Waals surface area contributed by atoms with Crippen LogP contribution in [0.2, 0.25) is 0 Å². The number of benzene rings is 1. The lowest BCUT2D eigenvalue weighted by atomic mass is 10.0. The number of ether oxygens (including phenoxy) is 2. The van der Waals surface area contributed by atoms with Gasteiger partial charge >= 0.3 is 0 Å². The van der Waals surface area contributed by atoms with Gasteiger partial charge in [0, 0.05) is 13.7 Å². The fourth-order valence-electron chi connectivity index (χ4n) is 2.30. The largest absolute Gasteiger partial charge is 0.382 e. The van der Waals surface area contributed by atoms with Gasteiger partial charge in [-0.25, -0.2) is 0 Å². The molecule has 0 spiro atoms. The maximum Gasteiger partial charge on any atom is 0.261 e. The van der Waals surface area contributed by atoms with E-state index in [1.54, 1.807) is 31.4 Å².